The van der Waals surface area contributed by atoms with Crippen molar-refractivity contribution in [1.29, 1.82) is 0 Å². The highest BCUT2D eigenvalue weighted by Crippen LogP contribution is 2.31. The minimum atomic E-state index is -1.02. The van der Waals surface area contributed by atoms with Crippen LogP contribution in [0.1, 0.15) is 69.9 Å². The van der Waals surface area contributed by atoms with E-state index in [0.29, 0.717) is 60.6 Å². The maximum absolute atomic E-state index is 13.1. The van der Waals surface area contributed by atoms with Gasteiger partial charge in [-0.1, -0.05) is 95.6 Å². The number of carbonyl (C=O) groups is 8. The normalized spacial score (nSPS) is 12.0. The zero-order valence-electron chi connectivity index (χ0n) is 57.7. The highest BCUT2D eigenvalue weighted by atomic mass is 32.2. The fourth-order valence-electron chi connectivity index (χ4n) is 10.7. The molecule has 0 saturated carbocycles. The van der Waals surface area contributed by atoms with Gasteiger partial charge in [-0.2, -0.15) is 18.7 Å². The molecule has 32 nitrogen and oxygen atoms in total. The third kappa shape index (κ3) is 20.9. The lowest BCUT2D eigenvalue weighted by Gasteiger charge is -2.16. The molecule has 0 aliphatic carbocycles. The molecule has 13 aromatic rings. The Morgan fingerprint density at radius 1 is 0.396 bits per heavy atom. The summed E-state index contributed by atoms with van der Waals surface area (Å²) in [6.45, 7) is 2.32. The molecule has 1 saturated heterocycles. The summed E-state index contributed by atoms with van der Waals surface area (Å²) in [6.07, 6.45) is 3.40. The Morgan fingerprint density at radius 2 is 0.748 bits per heavy atom. The number of hydrogen-bond acceptors (Lipinski definition) is 28. The molecule has 15 rings (SSSR count). The number of para-hydroxylation sites is 1. The summed E-state index contributed by atoms with van der Waals surface area (Å²) in [4.78, 5) is 106. The van der Waals surface area contributed by atoms with Crippen LogP contribution in [0.15, 0.2) is 207 Å². The minimum Gasteiger partial charge on any atom is -0.478 e. The van der Waals surface area contributed by atoms with E-state index in [9.17, 15) is 42.7 Å². The average Bonchev–Trinajstić information content (AvgIpc) is 1.70. The van der Waals surface area contributed by atoms with E-state index in [0.717, 1.165) is 59.9 Å². The van der Waals surface area contributed by atoms with Crippen molar-refractivity contribution < 1.29 is 63.2 Å². The van der Waals surface area contributed by atoms with Crippen LogP contribution in [0.4, 0.5) is 10.1 Å². The number of thiazole rings is 2. The maximum atomic E-state index is 13.1. The number of benzene rings is 7. The number of nitrogens with zero attached hydrogens (tertiary/aromatic N) is 20. The molecule has 2 amide bonds. The molecule has 6 aromatic heterocycles. The predicted molar refractivity (Wildman–Crippen MR) is 408 cm³/mol. The Hall–Kier alpha value is -12.4. The van der Waals surface area contributed by atoms with Gasteiger partial charge in [0.15, 0.2) is 0 Å². The van der Waals surface area contributed by atoms with Gasteiger partial charge in [-0.25, -0.2) is 33.5 Å². The van der Waals surface area contributed by atoms with E-state index in [1.165, 1.54) is 155 Å². The molecule has 39 heteroatoms. The first-order chi connectivity index (χ1) is 53.9. The third-order valence-corrected chi connectivity index (χ3v) is 21.7. The van der Waals surface area contributed by atoms with Gasteiger partial charge in [-0.3, -0.25) is 19.2 Å². The number of ketones is 2. The van der Waals surface area contributed by atoms with Gasteiger partial charge >= 0.3 is 23.9 Å². The summed E-state index contributed by atoms with van der Waals surface area (Å²) in [5.74, 6) is -3.41. The van der Waals surface area contributed by atoms with Crippen LogP contribution in [0.2, 0.25) is 0 Å². The van der Waals surface area contributed by atoms with Crippen molar-refractivity contribution in [2.45, 2.75) is 52.7 Å². The SMILES string of the molecule is O=C(CSc1nnnn1-c1ccc(C(=O)O)cc1)Cc1nc(-c2ccc(F)cc2)cs1.O=C(CSc1nnnn1-c1ccc(C(=O)O)cc1)Cc1nc(-c2ccccc2)cs1.O=C(O)c1ccc(-n2nnnc2SCC(=O)N2CCCC2)cc1.O=C(O)c1ccc(-n2nnnc2SCC(=O)N2CCc3ccccc32)cc1. The number of tetrazole rings is 4. The van der Waals surface area contributed by atoms with E-state index < -0.39 is 23.9 Å². The van der Waals surface area contributed by atoms with Gasteiger partial charge in [0, 0.05) is 47.2 Å². The second kappa shape index (κ2) is 37.6. The van der Waals surface area contributed by atoms with E-state index >= 15 is 0 Å². The number of carboxylic acids is 4. The summed E-state index contributed by atoms with van der Waals surface area (Å²) >= 11 is 7.78. The Labute approximate surface area is 653 Å². The molecule has 8 heterocycles. The van der Waals surface area contributed by atoms with Crippen LogP contribution >= 0.6 is 69.7 Å². The molecule has 1 fully saturated rings. The topological polar surface area (TPSA) is 424 Å². The zero-order chi connectivity index (χ0) is 77.8. The van der Waals surface area contributed by atoms with Gasteiger partial charge in [0.25, 0.3) is 0 Å². The first-order valence-corrected chi connectivity index (χ1v) is 39.0. The van der Waals surface area contributed by atoms with Crippen molar-refractivity contribution in [3.63, 3.8) is 0 Å². The van der Waals surface area contributed by atoms with Crippen molar-refractivity contribution in [3.8, 4) is 45.3 Å². The number of aromatic nitrogens is 18. The Balaban J connectivity index is 0.000000138. The molecule has 562 valence electrons. The van der Waals surface area contributed by atoms with E-state index in [1.807, 2.05) is 70.3 Å². The predicted octanol–water partition coefficient (Wildman–Crippen LogP) is 10.0. The Morgan fingerprint density at radius 3 is 1.14 bits per heavy atom. The number of fused-ring (bicyclic) bond motifs is 1. The van der Waals surface area contributed by atoms with Gasteiger partial charge in [0.1, 0.15) is 27.4 Å². The number of amides is 2. The standard InChI is InChI=1S/C20H14FN5O3S2.C20H15N5O3S2.C18H15N5O3S.C14H15N5O3S/c21-14-5-1-12(2-6-14)17-11-30-18(22-17)9-16(27)10-31-20-23-24-25-26(20)15-7-3-13(4-8-15)19(28)29;26-16(10-18-21-17(12-29-18)13-4-2-1-3-5-13)11-30-20-22-23-24-25(20)15-8-6-14(7-9-15)19(27)28;24-16(22-10-9-12-3-1-2-4-15(12)22)11-27-18-19-20-21-23(18)14-7-5-13(6-8-14)17(25)26;20-12(18-7-1-2-8-18)9-23-14-15-16-17-19(14)11-5-3-10(4-6-11)13(21)22/h1-8,11H,9-10H2,(H,28,29);1-9,12H,10-11H2,(H,27,28);1-8H,9-11H2,(H,25,26);3-6H,1-2,7-9H2,(H,21,22). The number of anilines is 1. The van der Waals surface area contributed by atoms with Crippen LogP contribution in [0.3, 0.4) is 0 Å². The van der Waals surface area contributed by atoms with Crippen molar-refractivity contribution >= 4 is 123 Å². The highest BCUT2D eigenvalue weighted by molar-refractivity contribution is 8.00. The van der Waals surface area contributed by atoms with Gasteiger partial charge in [0.05, 0.1) is 92.2 Å². The fourth-order valence-corrected chi connectivity index (χ4v) is 15.4. The molecule has 7 aromatic carbocycles. The number of likely N-dealkylation sites (tertiary alicyclic amines) is 1. The van der Waals surface area contributed by atoms with Gasteiger partial charge in [-0.05, 0) is 194 Å². The molecule has 4 N–H and O–H groups in total. The summed E-state index contributed by atoms with van der Waals surface area (Å²) in [5, 5.41) is 89.0. The average molecular weight is 1610 g/mol. The number of hydrogen-bond donors (Lipinski definition) is 4. The molecule has 0 bridgehead atoms. The van der Waals surface area contributed by atoms with E-state index in [2.05, 4.69) is 72.1 Å². The number of thioether (sulfide) groups is 4. The number of carboxylic acid groups (broad SMARTS) is 4. The Kier molecular flexibility index (Phi) is 26.5. The van der Waals surface area contributed by atoms with Crippen LogP contribution in [-0.2, 0) is 38.4 Å². The monoisotopic (exact) mass is 1610 g/mol. The van der Waals surface area contributed by atoms with Gasteiger partial charge < -0.3 is 30.2 Å². The molecular formula is C72H59FN20O12S6. The second-order valence-electron chi connectivity index (χ2n) is 23.6. The first-order valence-electron chi connectivity index (χ1n) is 33.3. The first kappa shape index (κ1) is 78.2. The van der Waals surface area contributed by atoms with E-state index in [-0.39, 0.29) is 87.3 Å². The summed E-state index contributed by atoms with van der Waals surface area (Å²) < 4.78 is 19.0. The van der Waals surface area contributed by atoms with Gasteiger partial charge in [0.2, 0.25) is 32.4 Å². The number of Topliss-reactive ketones (excluding diaryl/α,β-unsaturated/α-hetero) is 2. The third-order valence-electron chi connectivity index (χ3n) is 16.2. The van der Waals surface area contributed by atoms with Crippen molar-refractivity contribution in [1.82, 2.24) is 95.7 Å². The van der Waals surface area contributed by atoms with E-state index in [1.54, 1.807) is 65.6 Å². The number of halogens is 1. The summed E-state index contributed by atoms with van der Waals surface area (Å²) in [5.41, 5.74) is 8.73. The summed E-state index contributed by atoms with van der Waals surface area (Å²) in [6, 6.07) is 48.5. The minimum absolute atomic E-state index is 0.000671. The van der Waals surface area contributed by atoms with Crippen LogP contribution in [0.5, 0.6) is 0 Å². The van der Waals surface area contributed by atoms with Crippen molar-refractivity contribution in [2.24, 2.45) is 0 Å². The lowest BCUT2D eigenvalue weighted by atomic mass is 10.2. The van der Waals surface area contributed by atoms with Crippen molar-refractivity contribution in [3.05, 3.63) is 230 Å². The molecule has 111 heavy (non-hydrogen) atoms. The van der Waals surface area contributed by atoms with Crippen LogP contribution < -0.4 is 4.90 Å². The lowest BCUT2D eigenvalue weighted by molar-refractivity contribution is -0.127. The summed E-state index contributed by atoms with van der Waals surface area (Å²) in [7, 11) is 0. The zero-order valence-corrected chi connectivity index (χ0v) is 62.6. The smallest absolute Gasteiger partial charge is 0.335 e. The van der Waals surface area contributed by atoms with Crippen molar-refractivity contribution in [2.75, 3.05) is 47.5 Å². The van der Waals surface area contributed by atoms with E-state index in [4.69, 9.17) is 20.4 Å². The largest absolute Gasteiger partial charge is 0.478 e. The van der Waals surface area contributed by atoms with Crippen LogP contribution in [-0.4, -0.2) is 206 Å². The number of carbonyl (C=O) groups excluding carboxylic acids is 4. The molecule has 2 aliphatic heterocycles. The number of aromatic carboxylic acids is 4. The molecule has 0 unspecified atom stereocenters. The molecule has 0 atom stereocenters. The maximum Gasteiger partial charge on any atom is 0.335 e. The number of rotatable bonds is 26. The molecule has 2 aliphatic rings. The molecule has 0 spiro atoms. The van der Waals surface area contributed by atoms with Gasteiger partial charge in [-0.15, -0.1) is 43.1 Å². The quantitative estimate of drug-likeness (QED) is 0.0366. The highest BCUT2D eigenvalue weighted by Gasteiger charge is 2.26. The second-order valence-corrected chi connectivity index (χ2v) is 29.3. The van der Waals surface area contributed by atoms with Crippen LogP contribution in [0, 0.1) is 5.82 Å². The Bertz CT molecular complexity index is 5430. The molecule has 0 radical (unpaired) electrons. The van der Waals surface area contributed by atoms with Crippen LogP contribution in [0.25, 0.3) is 45.3 Å². The molecular weight excluding hydrogens is 1550 g/mol. The fraction of sp³-hybridized carbons (Fsp3) is 0.167. The lowest BCUT2D eigenvalue weighted by Crippen LogP contribution is -2.30.